The zero-order valence-corrected chi connectivity index (χ0v) is 15.0. The van der Waals surface area contributed by atoms with Gasteiger partial charge < -0.3 is 10.6 Å². The molecule has 1 saturated carbocycles. The number of rotatable bonds is 5. The lowest BCUT2D eigenvalue weighted by Gasteiger charge is -2.27. The minimum Gasteiger partial charge on any atom is -0.326 e. The first-order valence-electron chi connectivity index (χ1n) is 9.10. The predicted molar refractivity (Wildman–Crippen MR) is 99.6 cm³/mol. The van der Waals surface area contributed by atoms with Gasteiger partial charge in [-0.3, -0.25) is 4.79 Å². The molecule has 0 radical (unpaired) electrons. The maximum Gasteiger partial charge on any atom is 0.224 e. The van der Waals surface area contributed by atoms with Gasteiger partial charge in [-0.25, -0.2) is 4.98 Å². The Kier molecular flexibility index (Phi) is 4.55. The third-order valence-corrected chi connectivity index (χ3v) is 6.49. The normalized spacial score (nSPS) is 20.2. The number of benzene rings is 1. The Morgan fingerprint density at radius 2 is 2.12 bits per heavy atom. The molecule has 1 aromatic carbocycles. The Labute approximate surface area is 147 Å². The Morgan fingerprint density at radius 3 is 2.88 bits per heavy atom. The van der Waals surface area contributed by atoms with Crippen molar-refractivity contribution in [2.24, 2.45) is 11.8 Å². The van der Waals surface area contributed by atoms with E-state index in [1.54, 1.807) is 11.3 Å². The molecule has 1 saturated heterocycles. The topological polar surface area (TPSA) is 54.0 Å². The van der Waals surface area contributed by atoms with Crippen LogP contribution in [-0.2, 0) is 4.79 Å². The highest BCUT2D eigenvalue weighted by Crippen LogP contribution is 2.43. The third-order valence-electron chi connectivity index (χ3n) is 5.31. The number of amides is 1. The number of nitrogens with zero attached hydrogens (tertiary/aromatic N) is 1. The lowest BCUT2D eigenvalue weighted by Crippen LogP contribution is -2.32. The molecule has 1 aliphatic carbocycles. The molecule has 1 unspecified atom stereocenters. The average molecular weight is 343 g/mol. The van der Waals surface area contributed by atoms with E-state index >= 15 is 0 Å². The van der Waals surface area contributed by atoms with Crippen molar-refractivity contribution in [2.45, 2.75) is 44.9 Å². The van der Waals surface area contributed by atoms with Gasteiger partial charge in [0.2, 0.25) is 5.91 Å². The van der Waals surface area contributed by atoms with Crippen LogP contribution in [0.4, 0.5) is 5.69 Å². The van der Waals surface area contributed by atoms with Crippen molar-refractivity contribution >= 4 is 33.1 Å². The molecule has 1 amide bonds. The number of nitrogens with one attached hydrogen (secondary N) is 2. The minimum absolute atomic E-state index is 0.132. The van der Waals surface area contributed by atoms with Gasteiger partial charge in [0.1, 0.15) is 0 Å². The standard InChI is InChI=1S/C19H25N3OS/c1-12(13-6-8-20-9-7-13)10-18(23)21-15-4-5-16-17(11-15)24-19(22-16)14-2-3-14/h4-5,11-14,20H,2-3,6-10H2,1H3,(H,21,23). The zero-order valence-electron chi connectivity index (χ0n) is 14.2. The largest absolute Gasteiger partial charge is 0.326 e. The van der Waals surface area contributed by atoms with E-state index in [-0.39, 0.29) is 5.91 Å². The fourth-order valence-corrected chi connectivity index (χ4v) is 4.79. The number of aromatic nitrogens is 1. The number of hydrogen-bond acceptors (Lipinski definition) is 4. The number of fused-ring (bicyclic) bond motifs is 1. The summed E-state index contributed by atoms with van der Waals surface area (Å²) in [6.45, 7) is 4.38. The van der Waals surface area contributed by atoms with Crippen LogP contribution in [0.5, 0.6) is 0 Å². The van der Waals surface area contributed by atoms with Gasteiger partial charge in [0.15, 0.2) is 0 Å². The van der Waals surface area contributed by atoms with Crippen molar-refractivity contribution in [3.63, 3.8) is 0 Å². The molecule has 2 aromatic rings. The quantitative estimate of drug-likeness (QED) is 0.858. The van der Waals surface area contributed by atoms with E-state index in [1.165, 1.54) is 35.4 Å². The van der Waals surface area contributed by atoms with E-state index in [4.69, 9.17) is 4.98 Å². The van der Waals surface area contributed by atoms with E-state index in [2.05, 4.69) is 23.6 Å². The average Bonchev–Trinajstić information content (AvgIpc) is 3.35. The fourth-order valence-electron chi connectivity index (χ4n) is 3.61. The second-order valence-electron chi connectivity index (χ2n) is 7.33. The molecule has 0 bridgehead atoms. The molecule has 24 heavy (non-hydrogen) atoms. The van der Waals surface area contributed by atoms with Crippen LogP contribution >= 0.6 is 11.3 Å². The molecule has 1 aliphatic heterocycles. The summed E-state index contributed by atoms with van der Waals surface area (Å²) < 4.78 is 1.18. The molecule has 2 fully saturated rings. The number of piperidine rings is 1. The van der Waals surface area contributed by atoms with Crippen LogP contribution in [0.1, 0.15) is 50.0 Å². The molecule has 2 aliphatic rings. The van der Waals surface area contributed by atoms with Gasteiger partial charge in [-0.1, -0.05) is 6.92 Å². The lowest BCUT2D eigenvalue weighted by atomic mass is 9.84. The van der Waals surface area contributed by atoms with Gasteiger partial charge >= 0.3 is 0 Å². The highest BCUT2D eigenvalue weighted by molar-refractivity contribution is 7.18. The minimum atomic E-state index is 0.132. The smallest absolute Gasteiger partial charge is 0.224 e. The van der Waals surface area contributed by atoms with Gasteiger partial charge in [0.25, 0.3) is 0 Å². The number of hydrogen-bond donors (Lipinski definition) is 2. The summed E-state index contributed by atoms with van der Waals surface area (Å²) in [4.78, 5) is 17.1. The van der Waals surface area contributed by atoms with Crippen LogP contribution in [0, 0.1) is 11.8 Å². The summed E-state index contributed by atoms with van der Waals surface area (Å²) in [6, 6.07) is 6.08. The zero-order chi connectivity index (χ0) is 16.5. The van der Waals surface area contributed by atoms with Crippen molar-refractivity contribution in [1.29, 1.82) is 0 Å². The highest BCUT2D eigenvalue weighted by atomic mass is 32.1. The number of carbonyl (C=O) groups excluding carboxylic acids is 1. The lowest BCUT2D eigenvalue weighted by molar-refractivity contribution is -0.117. The summed E-state index contributed by atoms with van der Waals surface area (Å²) in [5.41, 5.74) is 1.96. The number of carbonyl (C=O) groups is 1. The van der Waals surface area contributed by atoms with E-state index in [0.29, 0.717) is 24.2 Å². The van der Waals surface area contributed by atoms with Crippen LogP contribution in [0.25, 0.3) is 10.2 Å². The van der Waals surface area contributed by atoms with E-state index in [9.17, 15) is 4.79 Å². The molecular weight excluding hydrogens is 318 g/mol. The van der Waals surface area contributed by atoms with E-state index < -0.39 is 0 Å². The molecule has 1 aromatic heterocycles. The third kappa shape index (κ3) is 3.62. The Bertz CT molecular complexity index is 731. The predicted octanol–water partition coefficient (Wildman–Crippen LogP) is 4.14. The SMILES string of the molecule is CC(CC(=O)Nc1ccc2nc(C3CC3)sc2c1)C1CCNCC1. The van der Waals surface area contributed by atoms with Gasteiger partial charge in [-0.2, -0.15) is 0 Å². The number of anilines is 1. The molecule has 2 N–H and O–H groups in total. The van der Waals surface area contributed by atoms with Crippen LogP contribution in [0.15, 0.2) is 18.2 Å². The maximum atomic E-state index is 12.4. The molecule has 4 rings (SSSR count). The van der Waals surface area contributed by atoms with Crippen LogP contribution in [0.3, 0.4) is 0 Å². The summed E-state index contributed by atoms with van der Waals surface area (Å²) in [6.07, 6.45) is 5.53. The first-order chi connectivity index (χ1) is 11.7. The van der Waals surface area contributed by atoms with Crippen molar-refractivity contribution in [2.75, 3.05) is 18.4 Å². The summed E-state index contributed by atoms with van der Waals surface area (Å²) >= 11 is 1.78. The van der Waals surface area contributed by atoms with Gasteiger partial charge in [-0.15, -0.1) is 11.3 Å². The Morgan fingerprint density at radius 1 is 1.33 bits per heavy atom. The van der Waals surface area contributed by atoms with Crippen molar-refractivity contribution < 1.29 is 4.79 Å². The van der Waals surface area contributed by atoms with Crippen LogP contribution < -0.4 is 10.6 Å². The molecule has 128 valence electrons. The second-order valence-corrected chi connectivity index (χ2v) is 8.39. The summed E-state index contributed by atoms with van der Waals surface area (Å²) in [5.74, 6) is 1.93. The first kappa shape index (κ1) is 16.0. The monoisotopic (exact) mass is 343 g/mol. The highest BCUT2D eigenvalue weighted by Gasteiger charge is 2.27. The molecule has 5 heteroatoms. The summed E-state index contributed by atoms with van der Waals surface area (Å²) in [7, 11) is 0. The van der Waals surface area contributed by atoms with E-state index in [0.717, 1.165) is 24.3 Å². The molecule has 0 spiro atoms. The number of thiazole rings is 1. The van der Waals surface area contributed by atoms with Gasteiger partial charge in [0.05, 0.1) is 15.2 Å². The Hall–Kier alpha value is -1.46. The van der Waals surface area contributed by atoms with Crippen LogP contribution in [0.2, 0.25) is 0 Å². The Balaban J connectivity index is 1.38. The molecular formula is C19H25N3OS. The molecule has 1 atom stereocenters. The first-order valence-corrected chi connectivity index (χ1v) is 9.92. The van der Waals surface area contributed by atoms with Gasteiger partial charge in [0, 0.05) is 18.0 Å². The van der Waals surface area contributed by atoms with Crippen molar-refractivity contribution in [1.82, 2.24) is 10.3 Å². The van der Waals surface area contributed by atoms with Crippen LogP contribution in [-0.4, -0.2) is 24.0 Å². The maximum absolute atomic E-state index is 12.4. The van der Waals surface area contributed by atoms with E-state index in [1.807, 2.05) is 12.1 Å². The molecule has 4 nitrogen and oxygen atoms in total. The van der Waals surface area contributed by atoms with Crippen molar-refractivity contribution in [3.8, 4) is 0 Å². The fraction of sp³-hybridized carbons (Fsp3) is 0.579. The second kappa shape index (κ2) is 6.81. The molecule has 2 heterocycles. The van der Waals surface area contributed by atoms with Crippen molar-refractivity contribution in [3.05, 3.63) is 23.2 Å². The van der Waals surface area contributed by atoms with Gasteiger partial charge in [-0.05, 0) is 68.8 Å². The summed E-state index contributed by atoms with van der Waals surface area (Å²) in [5, 5.41) is 7.73.